The van der Waals surface area contributed by atoms with E-state index in [0.29, 0.717) is 6.54 Å². The SMILES string of the molecule is CC(C)Oc1ccc(C(=O)N2CCN(CCN)CC2)cc1. The molecule has 0 aliphatic carbocycles. The molecule has 5 nitrogen and oxygen atoms in total. The van der Waals surface area contributed by atoms with Crippen LogP contribution in [0.4, 0.5) is 0 Å². The van der Waals surface area contributed by atoms with E-state index in [4.69, 9.17) is 10.5 Å². The first-order chi connectivity index (χ1) is 10.1. The second-order valence-corrected chi connectivity index (χ2v) is 5.61. The van der Waals surface area contributed by atoms with Crippen molar-refractivity contribution in [3.05, 3.63) is 29.8 Å². The molecule has 1 aliphatic heterocycles. The highest BCUT2D eigenvalue weighted by Gasteiger charge is 2.21. The maximum atomic E-state index is 12.4. The van der Waals surface area contributed by atoms with Gasteiger partial charge in [0.15, 0.2) is 0 Å². The summed E-state index contributed by atoms with van der Waals surface area (Å²) in [4.78, 5) is 16.6. The quantitative estimate of drug-likeness (QED) is 0.885. The highest BCUT2D eigenvalue weighted by atomic mass is 16.5. The molecule has 1 saturated heterocycles. The Labute approximate surface area is 126 Å². The molecule has 0 unspecified atom stereocenters. The Hall–Kier alpha value is -1.59. The number of carbonyl (C=O) groups is 1. The summed E-state index contributed by atoms with van der Waals surface area (Å²) in [5.74, 6) is 0.896. The molecule has 2 N–H and O–H groups in total. The summed E-state index contributed by atoms with van der Waals surface area (Å²) in [5.41, 5.74) is 6.28. The van der Waals surface area contributed by atoms with Gasteiger partial charge in [0.25, 0.3) is 5.91 Å². The fourth-order valence-electron chi connectivity index (χ4n) is 2.49. The first-order valence-electron chi connectivity index (χ1n) is 7.58. The molecule has 0 radical (unpaired) electrons. The van der Waals surface area contributed by atoms with Crippen LogP contribution in [0.3, 0.4) is 0 Å². The van der Waals surface area contributed by atoms with Crippen molar-refractivity contribution in [2.24, 2.45) is 5.73 Å². The third-order valence-electron chi connectivity index (χ3n) is 3.58. The average molecular weight is 291 g/mol. The topological polar surface area (TPSA) is 58.8 Å². The van der Waals surface area contributed by atoms with Crippen molar-refractivity contribution in [1.82, 2.24) is 9.80 Å². The lowest BCUT2D eigenvalue weighted by Crippen LogP contribution is -2.49. The van der Waals surface area contributed by atoms with Crippen LogP contribution in [-0.4, -0.2) is 61.1 Å². The highest BCUT2D eigenvalue weighted by Crippen LogP contribution is 2.16. The number of amides is 1. The zero-order valence-corrected chi connectivity index (χ0v) is 12.9. The van der Waals surface area contributed by atoms with Gasteiger partial charge in [-0.2, -0.15) is 0 Å². The van der Waals surface area contributed by atoms with E-state index in [9.17, 15) is 4.79 Å². The molecule has 0 aromatic heterocycles. The molecule has 0 spiro atoms. The third kappa shape index (κ3) is 4.44. The molecule has 2 rings (SSSR count). The summed E-state index contributed by atoms with van der Waals surface area (Å²) in [6.07, 6.45) is 0.141. The zero-order chi connectivity index (χ0) is 15.2. The zero-order valence-electron chi connectivity index (χ0n) is 12.9. The van der Waals surface area contributed by atoms with E-state index in [-0.39, 0.29) is 12.0 Å². The second kappa shape index (κ2) is 7.43. The van der Waals surface area contributed by atoms with Crippen molar-refractivity contribution in [2.75, 3.05) is 39.3 Å². The van der Waals surface area contributed by atoms with Gasteiger partial charge in [-0.05, 0) is 38.1 Å². The maximum Gasteiger partial charge on any atom is 0.253 e. The average Bonchev–Trinajstić information content (AvgIpc) is 2.48. The Balaban J connectivity index is 1.91. The third-order valence-corrected chi connectivity index (χ3v) is 3.58. The molecule has 1 heterocycles. The minimum atomic E-state index is 0.0958. The van der Waals surface area contributed by atoms with Crippen LogP contribution in [0.1, 0.15) is 24.2 Å². The van der Waals surface area contributed by atoms with Crippen LogP contribution in [-0.2, 0) is 0 Å². The van der Waals surface area contributed by atoms with E-state index in [1.54, 1.807) is 0 Å². The molecule has 1 fully saturated rings. The normalized spacial score (nSPS) is 16.3. The lowest BCUT2D eigenvalue weighted by Gasteiger charge is -2.34. The van der Waals surface area contributed by atoms with E-state index >= 15 is 0 Å². The standard InChI is InChI=1S/C16H25N3O2/c1-13(2)21-15-5-3-14(4-6-15)16(20)19-11-9-18(8-7-17)10-12-19/h3-6,13H,7-12,17H2,1-2H3. The predicted octanol–water partition coefficient (Wildman–Crippen LogP) is 1.19. The van der Waals surface area contributed by atoms with Crippen LogP contribution >= 0.6 is 0 Å². The van der Waals surface area contributed by atoms with Crippen molar-refractivity contribution in [3.8, 4) is 5.75 Å². The van der Waals surface area contributed by atoms with Crippen LogP contribution in [0.5, 0.6) is 5.75 Å². The number of hydrogen-bond donors (Lipinski definition) is 1. The summed E-state index contributed by atoms with van der Waals surface area (Å²) in [6, 6.07) is 7.40. The van der Waals surface area contributed by atoms with Gasteiger partial charge in [-0.3, -0.25) is 9.69 Å². The van der Waals surface area contributed by atoms with Crippen molar-refractivity contribution in [1.29, 1.82) is 0 Å². The molecule has 5 heteroatoms. The van der Waals surface area contributed by atoms with Crippen LogP contribution in [0.2, 0.25) is 0 Å². The Morgan fingerprint density at radius 2 is 1.81 bits per heavy atom. The molecule has 0 atom stereocenters. The molecule has 1 aliphatic rings. The predicted molar refractivity (Wildman–Crippen MR) is 83.6 cm³/mol. The Morgan fingerprint density at radius 3 is 2.33 bits per heavy atom. The van der Waals surface area contributed by atoms with E-state index in [2.05, 4.69) is 4.90 Å². The van der Waals surface area contributed by atoms with Crippen LogP contribution < -0.4 is 10.5 Å². The molecule has 1 aromatic rings. The van der Waals surface area contributed by atoms with E-state index in [0.717, 1.165) is 44.0 Å². The second-order valence-electron chi connectivity index (χ2n) is 5.61. The molecule has 21 heavy (non-hydrogen) atoms. The maximum absolute atomic E-state index is 12.4. The summed E-state index contributed by atoms with van der Waals surface area (Å²) < 4.78 is 5.59. The number of nitrogens with zero attached hydrogens (tertiary/aromatic N) is 2. The van der Waals surface area contributed by atoms with Gasteiger partial charge in [-0.1, -0.05) is 0 Å². The van der Waals surface area contributed by atoms with Crippen LogP contribution in [0.15, 0.2) is 24.3 Å². The van der Waals surface area contributed by atoms with E-state index < -0.39 is 0 Å². The van der Waals surface area contributed by atoms with Gasteiger partial charge in [0.2, 0.25) is 0 Å². The van der Waals surface area contributed by atoms with E-state index in [1.165, 1.54) is 0 Å². The summed E-state index contributed by atoms with van der Waals surface area (Å²) in [5, 5.41) is 0. The fraction of sp³-hybridized carbons (Fsp3) is 0.562. The molecule has 1 aromatic carbocycles. The van der Waals surface area contributed by atoms with Crippen molar-refractivity contribution < 1.29 is 9.53 Å². The van der Waals surface area contributed by atoms with Gasteiger partial charge in [-0.25, -0.2) is 0 Å². The molecule has 116 valence electrons. The number of carbonyl (C=O) groups excluding carboxylic acids is 1. The van der Waals surface area contributed by atoms with Gasteiger partial charge in [-0.15, -0.1) is 0 Å². The lowest BCUT2D eigenvalue weighted by molar-refractivity contribution is 0.0641. The lowest BCUT2D eigenvalue weighted by atomic mass is 10.1. The minimum absolute atomic E-state index is 0.0958. The van der Waals surface area contributed by atoms with Crippen molar-refractivity contribution >= 4 is 5.91 Å². The first kappa shape index (κ1) is 15.8. The monoisotopic (exact) mass is 291 g/mol. The fourth-order valence-corrected chi connectivity index (χ4v) is 2.49. The molecule has 0 bridgehead atoms. The van der Waals surface area contributed by atoms with E-state index in [1.807, 2.05) is 43.0 Å². The molecular weight excluding hydrogens is 266 g/mol. The van der Waals surface area contributed by atoms with Crippen LogP contribution in [0.25, 0.3) is 0 Å². The Kier molecular flexibility index (Phi) is 5.59. The van der Waals surface area contributed by atoms with Gasteiger partial charge in [0.05, 0.1) is 6.10 Å². The first-order valence-corrected chi connectivity index (χ1v) is 7.58. The number of hydrogen-bond acceptors (Lipinski definition) is 4. The molecule has 0 saturated carbocycles. The van der Waals surface area contributed by atoms with Gasteiger partial charge in [0.1, 0.15) is 5.75 Å². The molecule has 1 amide bonds. The van der Waals surface area contributed by atoms with Gasteiger partial charge < -0.3 is 15.4 Å². The van der Waals surface area contributed by atoms with Crippen LogP contribution in [0, 0.1) is 0 Å². The smallest absolute Gasteiger partial charge is 0.253 e. The summed E-state index contributed by atoms with van der Waals surface area (Å²) >= 11 is 0. The largest absolute Gasteiger partial charge is 0.491 e. The Bertz CT molecular complexity index is 451. The summed E-state index contributed by atoms with van der Waals surface area (Å²) in [6.45, 7) is 8.88. The number of nitrogens with two attached hydrogens (primary N) is 1. The van der Waals surface area contributed by atoms with Gasteiger partial charge in [0, 0.05) is 44.8 Å². The number of piperazine rings is 1. The van der Waals surface area contributed by atoms with Crippen molar-refractivity contribution in [3.63, 3.8) is 0 Å². The minimum Gasteiger partial charge on any atom is -0.491 e. The highest BCUT2D eigenvalue weighted by molar-refractivity contribution is 5.94. The Morgan fingerprint density at radius 1 is 1.19 bits per heavy atom. The molecular formula is C16H25N3O2. The van der Waals surface area contributed by atoms with Crippen molar-refractivity contribution in [2.45, 2.75) is 20.0 Å². The number of ether oxygens (including phenoxy) is 1. The van der Waals surface area contributed by atoms with Gasteiger partial charge >= 0.3 is 0 Å². The number of benzene rings is 1. The summed E-state index contributed by atoms with van der Waals surface area (Å²) in [7, 11) is 0. The number of rotatable bonds is 5.